The lowest BCUT2D eigenvalue weighted by molar-refractivity contribution is 0.0551. The Morgan fingerprint density at radius 2 is 1.87 bits per heavy atom. The first-order valence-electron chi connectivity index (χ1n) is 10.0. The standard InChI is InChI=1S/C23H23N3O3S/c1-15-5-10-21(30-15)23(28)24-13-19-20(14-24)26(22(27)18-4-3-11-25(18)19)12-16-6-8-17(29-2)9-7-16/h3-11,19-20H,12-14H2,1-2H3/t19-,20+/m0/s1. The minimum Gasteiger partial charge on any atom is -0.497 e. The molecule has 2 amide bonds. The number of likely N-dealkylation sites (tertiary alicyclic amines) is 1. The van der Waals surface area contributed by atoms with E-state index in [0.717, 1.165) is 21.1 Å². The van der Waals surface area contributed by atoms with E-state index in [4.69, 9.17) is 4.74 Å². The van der Waals surface area contributed by atoms with Gasteiger partial charge in [0.25, 0.3) is 11.8 Å². The number of aromatic nitrogens is 1. The van der Waals surface area contributed by atoms with Crippen LogP contribution in [0.2, 0.25) is 0 Å². The number of nitrogens with zero attached hydrogens (tertiary/aromatic N) is 3. The van der Waals surface area contributed by atoms with E-state index in [1.165, 1.54) is 11.3 Å². The molecule has 0 spiro atoms. The maximum Gasteiger partial charge on any atom is 0.271 e. The van der Waals surface area contributed by atoms with E-state index in [1.807, 2.05) is 76.0 Å². The number of hydrogen-bond donors (Lipinski definition) is 0. The topological polar surface area (TPSA) is 54.8 Å². The average molecular weight is 422 g/mol. The number of ether oxygens (including phenoxy) is 1. The lowest BCUT2D eigenvalue weighted by Gasteiger charge is -2.38. The molecule has 2 atom stereocenters. The van der Waals surface area contributed by atoms with Crippen molar-refractivity contribution in [1.29, 1.82) is 0 Å². The third-order valence-electron chi connectivity index (χ3n) is 6.03. The Hall–Kier alpha value is -3.06. The van der Waals surface area contributed by atoms with Gasteiger partial charge in [-0.25, -0.2) is 0 Å². The summed E-state index contributed by atoms with van der Waals surface area (Å²) >= 11 is 1.52. The normalized spacial score (nSPS) is 20.3. The first kappa shape index (κ1) is 18.9. The molecule has 1 aromatic carbocycles. The molecule has 2 aliphatic heterocycles. The summed E-state index contributed by atoms with van der Waals surface area (Å²) in [5.74, 6) is 0.853. The fourth-order valence-corrected chi connectivity index (χ4v) is 5.33. The molecule has 6 nitrogen and oxygen atoms in total. The third kappa shape index (κ3) is 3.10. The predicted octanol–water partition coefficient (Wildman–Crippen LogP) is 3.59. The first-order valence-corrected chi connectivity index (χ1v) is 10.8. The van der Waals surface area contributed by atoms with Crippen LogP contribution in [0.4, 0.5) is 0 Å². The van der Waals surface area contributed by atoms with E-state index in [-0.39, 0.29) is 23.9 Å². The molecule has 1 saturated heterocycles. The summed E-state index contributed by atoms with van der Waals surface area (Å²) in [6.45, 7) is 3.66. The zero-order valence-corrected chi connectivity index (χ0v) is 17.8. The Labute approximate surface area is 179 Å². The molecule has 0 aliphatic carbocycles. The van der Waals surface area contributed by atoms with Gasteiger partial charge in [-0.2, -0.15) is 0 Å². The van der Waals surface area contributed by atoms with E-state index < -0.39 is 0 Å². The highest BCUT2D eigenvalue weighted by Gasteiger charge is 2.46. The van der Waals surface area contributed by atoms with E-state index >= 15 is 0 Å². The lowest BCUT2D eigenvalue weighted by atomic mass is 10.0. The third-order valence-corrected chi connectivity index (χ3v) is 7.01. The summed E-state index contributed by atoms with van der Waals surface area (Å²) in [6, 6.07) is 15.5. The van der Waals surface area contributed by atoms with Crippen molar-refractivity contribution in [2.45, 2.75) is 25.6 Å². The van der Waals surface area contributed by atoms with Crippen molar-refractivity contribution in [3.63, 3.8) is 0 Å². The van der Waals surface area contributed by atoms with Crippen LogP contribution >= 0.6 is 11.3 Å². The largest absolute Gasteiger partial charge is 0.497 e. The molecular weight excluding hydrogens is 398 g/mol. The van der Waals surface area contributed by atoms with Gasteiger partial charge in [-0.1, -0.05) is 12.1 Å². The molecule has 2 aromatic heterocycles. The molecule has 1 fully saturated rings. The molecule has 4 heterocycles. The number of methoxy groups -OCH3 is 1. The first-order chi connectivity index (χ1) is 14.5. The van der Waals surface area contributed by atoms with Crippen LogP contribution in [-0.4, -0.2) is 52.4 Å². The molecule has 5 rings (SSSR count). The van der Waals surface area contributed by atoms with Gasteiger partial charge < -0.3 is 19.1 Å². The number of hydrogen-bond acceptors (Lipinski definition) is 4. The summed E-state index contributed by atoms with van der Waals surface area (Å²) in [4.78, 5) is 32.1. The predicted molar refractivity (Wildman–Crippen MR) is 115 cm³/mol. The van der Waals surface area contributed by atoms with Gasteiger partial charge in [-0.3, -0.25) is 9.59 Å². The molecule has 0 saturated carbocycles. The summed E-state index contributed by atoms with van der Waals surface area (Å²) in [5.41, 5.74) is 1.73. The highest BCUT2D eigenvalue weighted by atomic mass is 32.1. The van der Waals surface area contributed by atoms with Gasteiger partial charge in [-0.05, 0) is 48.9 Å². The smallest absolute Gasteiger partial charge is 0.271 e. The van der Waals surface area contributed by atoms with Crippen LogP contribution in [-0.2, 0) is 6.54 Å². The number of thiophene rings is 1. The Kier molecular flexibility index (Phi) is 4.62. The Morgan fingerprint density at radius 1 is 1.10 bits per heavy atom. The molecule has 2 aliphatic rings. The van der Waals surface area contributed by atoms with Crippen molar-refractivity contribution in [2.24, 2.45) is 0 Å². The summed E-state index contributed by atoms with van der Waals surface area (Å²) in [6.07, 6.45) is 1.96. The fraction of sp³-hybridized carbons (Fsp3) is 0.304. The van der Waals surface area contributed by atoms with Gasteiger partial charge >= 0.3 is 0 Å². The van der Waals surface area contributed by atoms with Crippen LogP contribution in [0.5, 0.6) is 5.75 Å². The van der Waals surface area contributed by atoms with Gasteiger partial charge in [0.1, 0.15) is 11.4 Å². The number of amides is 2. The molecule has 0 bridgehead atoms. The molecule has 30 heavy (non-hydrogen) atoms. The van der Waals surface area contributed by atoms with Crippen molar-refractivity contribution in [2.75, 3.05) is 20.2 Å². The average Bonchev–Trinajstić information content (AvgIpc) is 3.50. The van der Waals surface area contributed by atoms with E-state index in [1.54, 1.807) is 7.11 Å². The zero-order valence-electron chi connectivity index (χ0n) is 16.9. The van der Waals surface area contributed by atoms with Gasteiger partial charge in [0.2, 0.25) is 0 Å². The number of carbonyl (C=O) groups is 2. The van der Waals surface area contributed by atoms with E-state index in [2.05, 4.69) is 0 Å². The molecule has 7 heteroatoms. The lowest BCUT2D eigenvalue weighted by Crippen LogP contribution is -2.49. The molecular formula is C23H23N3O3S. The highest BCUT2D eigenvalue weighted by molar-refractivity contribution is 7.13. The second-order valence-electron chi connectivity index (χ2n) is 7.84. The summed E-state index contributed by atoms with van der Waals surface area (Å²) in [5, 5.41) is 0. The van der Waals surface area contributed by atoms with Crippen LogP contribution in [0, 0.1) is 6.92 Å². The number of aryl methyl sites for hydroxylation is 1. The molecule has 0 radical (unpaired) electrons. The minimum atomic E-state index is -0.0514. The van der Waals surface area contributed by atoms with E-state index in [9.17, 15) is 9.59 Å². The van der Waals surface area contributed by atoms with Gasteiger partial charge in [0.15, 0.2) is 0 Å². The van der Waals surface area contributed by atoms with Crippen molar-refractivity contribution < 1.29 is 14.3 Å². The summed E-state index contributed by atoms with van der Waals surface area (Å²) in [7, 11) is 1.64. The maximum absolute atomic E-state index is 13.3. The van der Waals surface area contributed by atoms with Crippen molar-refractivity contribution in [3.8, 4) is 5.75 Å². The minimum absolute atomic E-state index is 0.0123. The van der Waals surface area contributed by atoms with Crippen LogP contribution < -0.4 is 4.74 Å². The molecule has 3 aromatic rings. The van der Waals surface area contributed by atoms with Crippen LogP contribution in [0.15, 0.2) is 54.7 Å². The summed E-state index contributed by atoms with van der Waals surface area (Å²) < 4.78 is 7.29. The van der Waals surface area contributed by atoms with Crippen LogP contribution in [0.25, 0.3) is 0 Å². The SMILES string of the molecule is COc1ccc(CN2C(=O)c3cccn3[C@H]3CN(C(=O)c4ccc(C)s4)C[C@H]32)cc1. The Bertz CT molecular complexity index is 1100. The number of carbonyl (C=O) groups excluding carboxylic acids is 2. The number of rotatable bonds is 4. The highest BCUT2D eigenvalue weighted by Crippen LogP contribution is 2.35. The van der Waals surface area contributed by atoms with Gasteiger partial charge in [0.05, 0.1) is 24.1 Å². The van der Waals surface area contributed by atoms with Gasteiger partial charge in [0, 0.05) is 30.7 Å². The monoisotopic (exact) mass is 421 g/mol. The molecule has 0 unspecified atom stereocenters. The van der Waals surface area contributed by atoms with Crippen LogP contribution in [0.3, 0.4) is 0 Å². The number of benzene rings is 1. The fourth-order valence-electron chi connectivity index (χ4n) is 4.50. The van der Waals surface area contributed by atoms with Crippen molar-refractivity contribution in [1.82, 2.24) is 14.4 Å². The second kappa shape index (κ2) is 7.32. The maximum atomic E-state index is 13.3. The number of fused-ring (bicyclic) bond motifs is 3. The zero-order chi connectivity index (χ0) is 20.8. The Morgan fingerprint density at radius 3 is 2.57 bits per heavy atom. The Balaban J connectivity index is 1.44. The second-order valence-corrected chi connectivity index (χ2v) is 9.12. The quantitative estimate of drug-likeness (QED) is 0.647. The van der Waals surface area contributed by atoms with E-state index in [0.29, 0.717) is 25.3 Å². The van der Waals surface area contributed by atoms with Gasteiger partial charge in [-0.15, -0.1) is 11.3 Å². The molecule has 154 valence electrons. The van der Waals surface area contributed by atoms with Crippen molar-refractivity contribution >= 4 is 23.2 Å². The molecule has 0 N–H and O–H groups in total. The van der Waals surface area contributed by atoms with Crippen LogP contribution in [0.1, 0.15) is 36.6 Å². The van der Waals surface area contributed by atoms with Crippen molar-refractivity contribution in [3.05, 3.63) is 75.7 Å².